The summed E-state index contributed by atoms with van der Waals surface area (Å²) in [5.74, 6) is -0.786. The summed E-state index contributed by atoms with van der Waals surface area (Å²) in [6.07, 6.45) is 3.71. The van der Waals surface area contributed by atoms with E-state index in [4.69, 9.17) is 26.2 Å². The molecule has 0 aromatic heterocycles. The van der Waals surface area contributed by atoms with E-state index in [1.165, 1.54) is 12.8 Å². The highest BCUT2D eigenvalue weighted by atomic mass is 35.5. The fourth-order valence-corrected chi connectivity index (χ4v) is 3.32. The number of ether oxygens (including phenoxy) is 2. The highest BCUT2D eigenvalue weighted by Gasteiger charge is 2.34. The molecule has 7 heteroatoms. The standard InChI is InChI=1S/C17H20ClNO5/c18-12-9-10(5-6-13(12)23-11-3-1-2-4-11)19-16(20)14-7-8-15(24-14)17(21)22/h5-6,9,11,14-15H,1-4,7-8H2,(H,19,20)(H,21,22)/t14-,15+/m0/s1. The molecule has 0 unspecified atom stereocenters. The maximum atomic E-state index is 12.2. The van der Waals surface area contributed by atoms with Gasteiger partial charge in [0, 0.05) is 5.69 Å². The van der Waals surface area contributed by atoms with Crippen LogP contribution in [0.2, 0.25) is 5.02 Å². The molecule has 1 aliphatic heterocycles. The van der Waals surface area contributed by atoms with Gasteiger partial charge >= 0.3 is 5.97 Å². The SMILES string of the molecule is O=C(Nc1ccc(OC2CCCC2)c(Cl)c1)[C@@H]1CC[C@H](C(=O)O)O1. The summed E-state index contributed by atoms with van der Waals surface area (Å²) in [6.45, 7) is 0. The van der Waals surface area contributed by atoms with Crippen LogP contribution in [0.3, 0.4) is 0 Å². The molecule has 0 spiro atoms. The number of amides is 1. The van der Waals surface area contributed by atoms with Crippen molar-refractivity contribution in [2.45, 2.75) is 56.8 Å². The Kier molecular flexibility index (Phi) is 5.26. The Morgan fingerprint density at radius 2 is 1.88 bits per heavy atom. The fraction of sp³-hybridized carbons (Fsp3) is 0.529. The number of benzene rings is 1. The summed E-state index contributed by atoms with van der Waals surface area (Å²) in [6, 6.07) is 5.09. The van der Waals surface area contributed by atoms with Crippen molar-refractivity contribution in [3.63, 3.8) is 0 Å². The number of aliphatic carboxylic acids is 1. The van der Waals surface area contributed by atoms with Crippen molar-refractivity contribution in [3.8, 4) is 5.75 Å². The maximum Gasteiger partial charge on any atom is 0.332 e. The van der Waals surface area contributed by atoms with Crippen molar-refractivity contribution in [1.29, 1.82) is 0 Å². The largest absolute Gasteiger partial charge is 0.489 e. The van der Waals surface area contributed by atoms with Gasteiger partial charge in [0.2, 0.25) is 0 Å². The van der Waals surface area contributed by atoms with Crippen molar-refractivity contribution >= 4 is 29.2 Å². The van der Waals surface area contributed by atoms with E-state index in [1.54, 1.807) is 18.2 Å². The summed E-state index contributed by atoms with van der Waals surface area (Å²) in [5, 5.41) is 12.0. The minimum atomic E-state index is -1.04. The van der Waals surface area contributed by atoms with Crippen molar-refractivity contribution in [2.75, 3.05) is 5.32 Å². The average Bonchev–Trinajstić information content (AvgIpc) is 3.21. The molecule has 2 N–H and O–H groups in total. The van der Waals surface area contributed by atoms with Gasteiger partial charge in [-0.25, -0.2) is 4.79 Å². The van der Waals surface area contributed by atoms with Crippen molar-refractivity contribution in [1.82, 2.24) is 0 Å². The molecule has 1 aromatic rings. The second-order valence-corrected chi connectivity index (χ2v) is 6.59. The molecule has 6 nitrogen and oxygen atoms in total. The van der Waals surface area contributed by atoms with E-state index >= 15 is 0 Å². The first-order valence-corrected chi connectivity index (χ1v) is 8.56. The van der Waals surface area contributed by atoms with Gasteiger partial charge in [0.1, 0.15) is 11.9 Å². The molecule has 1 aliphatic carbocycles. The third-order valence-corrected chi connectivity index (χ3v) is 4.68. The molecular formula is C17H20ClNO5. The van der Waals surface area contributed by atoms with E-state index in [2.05, 4.69) is 5.32 Å². The quantitative estimate of drug-likeness (QED) is 0.848. The number of carbonyl (C=O) groups is 2. The lowest BCUT2D eigenvalue weighted by atomic mass is 10.2. The third kappa shape index (κ3) is 3.99. The van der Waals surface area contributed by atoms with E-state index < -0.39 is 18.2 Å². The lowest BCUT2D eigenvalue weighted by Crippen LogP contribution is -2.29. The van der Waals surface area contributed by atoms with Gasteiger partial charge in [0.25, 0.3) is 5.91 Å². The van der Waals surface area contributed by atoms with E-state index in [0.29, 0.717) is 29.3 Å². The van der Waals surface area contributed by atoms with E-state index in [0.717, 1.165) is 12.8 Å². The Bertz CT molecular complexity index is 629. The van der Waals surface area contributed by atoms with Crippen LogP contribution in [0, 0.1) is 0 Å². The van der Waals surface area contributed by atoms with Crippen LogP contribution in [0.15, 0.2) is 18.2 Å². The van der Waals surface area contributed by atoms with Gasteiger partial charge in [-0.1, -0.05) is 11.6 Å². The molecular weight excluding hydrogens is 334 g/mol. The smallest absolute Gasteiger partial charge is 0.332 e. The maximum absolute atomic E-state index is 12.2. The number of hydrogen-bond donors (Lipinski definition) is 2. The van der Waals surface area contributed by atoms with Gasteiger partial charge in [-0.3, -0.25) is 4.79 Å². The highest BCUT2D eigenvalue weighted by molar-refractivity contribution is 6.32. The number of halogens is 1. The minimum Gasteiger partial charge on any atom is -0.489 e. The lowest BCUT2D eigenvalue weighted by Gasteiger charge is -2.16. The molecule has 130 valence electrons. The number of hydrogen-bond acceptors (Lipinski definition) is 4. The van der Waals surface area contributed by atoms with Crippen LogP contribution in [-0.4, -0.2) is 35.3 Å². The number of nitrogens with one attached hydrogen (secondary N) is 1. The molecule has 2 atom stereocenters. The molecule has 1 aromatic carbocycles. The number of carbonyl (C=O) groups excluding carboxylic acids is 1. The first-order chi connectivity index (χ1) is 11.5. The molecule has 1 saturated carbocycles. The normalized spacial score (nSPS) is 24.0. The lowest BCUT2D eigenvalue weighted by molar-refractivity contribution is -0.150. The number of anilines is 1. The second-order valence-electron chi connectivity index (χ2n) is 6.19. The van der Waals surface area contributed by atoms with Gasteiger partial charge in [0.15, 0.2) is 6.10 Å². The van der Waals surface area contributed by atoms with E-state index in [1.807, 2.05) is 0 Å². The number of carboxylic acids is 1. The summed E-state index contributed by atoms with van der Waals surface area (Å²) in [7, 11) is 0. The molecule has 1 amide bonds. The Morgan fingerprint density at radius 3 is 2.50 bits per heavy atom. The minimum absolute atomic E-state index is 0.211. The molecule has 2 aliphatic rings. The molecule has 1 heterocycles. The predicted octanol–water partition coefficient (Wildman–Crippen LogP) is 3.23. The Balaban J connectivity index is 1.58. The fourth-order valence-electron chi connectivity index (χ4n) is 3.09. The highest BCUT2D eigenvalue weighted by Crippen LogP contribution is 2.32. The first kappa shape index (κ1) is 17.0. The van der Waals surface area contributed by atoms with Crippen LogP contribution in [0.1, 0.15) is 38.5 Å². The monoisotopic (exact) mass is 353 g/mol. The molecule has 0 radical (unpaired) electrons. The zero-order chi connectivity index (χ0) is 17.1. The summed E-state index contributed by atoms with van der Waals surface area (Å²) in [5.41, 5.74) is 0.533. The van der Waals surface area contributed by atoms with Gasteiger partial charge in [0.05, 0.1) is 11.1 Å². The van der Waals surface area contributed by atoms with Gasteiger partial charge in [-0.15, -0.1) is 0 Å². The average molecular weight is 354 g/mol. The van der Waals surface area contributed by atoms with Crippen LogP contribution < -0.4 is 10.1 Å². The Hall–Kier alpha value is -1.79. The van der Waals surface area contributed by atoms with Gasteiger partial charge in [-0.2, -0.15) is 0 Å². The van der Waals surface area contributed by atoms with Crippen molar-refractivity contribution in [2.24, 2.45) is 0 Å². The number of carboxylic acid groups (broad SMARTS) is 1. The summed E-state index contributed by atoms with van der Waals surface area (Å²) < 4.78 is 11.1. The first-order valence-electron chi connectivity index (χ1n) is 8.18. The Labute approximate surface area is 145 Å². The van der Waals surface area contributed by atoms with Crippen LogP contribution in [0.5, 0.6) is 5.75 Å². The van der Waals surface area contributed by atoms with Crippen molar-refractivity contribution in [3.05, 3.63) is 23.2 Å². The summed E-state index contributed by atoms with van der Waals surface area (Å²) >= 11 is 6.23. The van der Waals surface area contributed by atoms with Crippen LogP contribution in [0.4, 0.5) is 5.69 Å². The van der Waals surface area contributed by atoms with Crippen LogP contribution in [0.25, 0.3) is 0 Å². The zero-order valence-corrected chi connectivity index (χ0v) is 13.9. The molecule has 3 rings (SSSR count). The van der Waals surface area contributed by atoms with Crippen molar-refractivity contribution < 1.29 is 24.2 Å². The van der Waals surface area contributed by atoms with E-state index in [-0.39, 0.29) is 12.0 Å². The molecule has 1 saturated heterocycles. The van der Waals surface area contributed by atoms with Gasteiger partial charge in [-0.05, 0) is 56.7 Å². The van der Waals surface area contributed by atoms with E-state index in [9.17, 15) is 9.59 Å². The number of rotatable bonds is 5. The predicted molar refractivity (Wildman–Crippen MR) is 88.5 cm³/mol. The van der Waals surface area contributed by atoms with Crippen LogP contribution in [-0.2, 0) is 14.3 Å². The van der Waals surface area contributed by atoms with Crippen LogP contribution >= 0.6 is 11.6 Å². The molecule has 24 heavy (non-hydrogen) atoms. The van der Waals surface area contributed by atoms with Gasteiger partial charge < -0.3 is 19.9 Å². The molecule has 2 fully saturated rings. The topological polar surface area (TPSA) is 84.9 Å². The second kappa shape index (κ2) is 7.40. The third-order valence-electron chi connectivity index (χ3n) is 4.38. The zero-order valence-electron chi connectivity index (χ0n) is 13.2. The molecule has 0 bridgehead atoms. The summed E-state index contributed by atoms with van der Waals surface area (Å²) in [4.78, 5) is 23.0. The Morgan fingerprint density at radius 1 is 1.17 bits per heavy atom.